The zero-order valence-electron chi connectivity index (χ0n) is 15.2. The summed E-state index contributed by atoms with van der Waals surface area (Å²) in [6, 6.07) is 17.6. The molecular formula is C20H25N3O2S. The second kappa shape index (κ2) is 10.6. The number of thioether (sulfide) groups is 1. The number of hydrogen-bond donors (Lipinski definition) is 2. The molecule has 5 nitrogen and oxygen atoms in total. The average molecular weight is 372 g/mol. The van der Waals surface area contributed by atoms with Crippen molar-refractivity contribution in [3.8, 4) is 11.1 Å². The second-order valence-electron chi connectivity index (χ2n) is 6.13. The molecule has 0 aliphatic carbocycles. The van der Waals surface area contributed by atoms with Crippen molar-refractivity contribution in [2.75, 3.05) is 44.0 Å². The van der Waals surface area contributed by atoms with Crippen LogP contribution in [-0.2, 0) is 9.59 Å². The number of nitrogens with one attached hydrogen (secondary N) is 2. The summed E-state index contributed by atoms with van der Waals surface area (Å²) in [5.74, 6) is 0.896. The van der Waals surface area contributed by atoms with Crippen LogP contribution in [0.3, 0.4) is 0 Å². The number of nitrogens with zero attached hydrogens (tertiary/aromatic N) is 1. The maximum absolute atomic E-state index is 12.0. The van der Waals surface area contributed by atoms with Crippen molar-refractivity contribution in [2.24, 2.45) is 0 Å². The number of anilines is 1. The van der Waals surface area contributed by atoms with Crippen molar-refractivity contribution in [1.29, 1.82) is 0 Å². The summed E-state index contributed by atoms with van der Waals surface area (Å²) >= 11 is 1.56. The Labute approximate surface area is 159 Å². The van der Waals surface area contributed by atoms with E-state index in [2.05, 4.69) is 15.5 Å². The van der Waals surface area contributed by atoms with Crippen molar-refractivity contribution in [3.05, 3.63) is 54.6 Å². The smallest absolute Gasteiger partial charge is 0.243 e. The maximum Gasteiger partial charge on any atom is 0.243 e. The van der Waals surface area contributed by atoms with E-state index in [9.17, 15) is 9.59 Å². The van der Waals surface area contributed by atoms with E-state index in [-0.39, 0.29) is 18.4 Å². The van der Waals surface area contributed by atoms with E-state index in [0.29, 0.717) is 11.4 Å². The highest BCUT2D eigenvalue weighted by molar-refractivity contribution is 7.99. The molecule has 2 N–H and O–H groups in total. The fourth-order valence-electron chi connectivity index (χ4n) is 2.25. The minimum Gasteiger partial charge on any atom is -0.346 e. The van der Waals surface area contributed by atoms with E-state index in [0.717, 1.165) is 23.4 Å². The summed E-state index contributed by atoms with van der Waals surface area (Å²) < 4.78 is 0. The molecule has 2 aromatic rings. The van der Waals surface area contributed by atoms with E-state index >= 15 is 0 Å². The lowest BCUT2D eigenvalue weighted by molar-refractivity contribution is -0.122. The molecule has 0 aromatic heterocycles. The van der Waals surface area contributed by atoms with Gasteiger partial charge in [-0.25, -0.2) is 0 Å². The predicted molar refractivity (Wildman–Crippen MR) is 109 cm³/mol. The van der Waals surface area contributed by atoms with Gasteiger partial charge < -0.3 is 15.5 Å². The molecule has 26 heavy (non-hydrogen) atoms. The van der Waals surface area contributed by atoms with Gasteiger partial charge in [-0.05, 0) is 37.4 Å². The predicted octanol–water partition coefficient (Wildman–Crippen LogP) is 2.70. The Kier molecular flexibility index (Phi) is 8.18. The molecular weight excluding hydrogens is 346 g/mol. The van der Waals surface area contributed by atoms with Gasteiger partial charge in [0, 0.05) is 18.0 Å². The topological polar surface area (TPSA) is 61.4 Å². The lowest BCUT2D eigenvalue weighted by Crippen LogP contribution is -2.34. The molecule has 2 rings (SSSR count). The third-order valence-electron chi connectivity index (χ3n) is 3.62. The van der Waals surface area contributed by atoms with Crippen LogP contribution in [0, 0.1) is 0 Å². The second-order valence-corrected chi connectivity index (χ2v) is 7.23. The Hall–Kier alpha value is -2.31. The van der Waals surface area contributed by atoms with Crippen LogP contribution in [0.4, 0.5) is 5.69 Å². The van der Waals surface area contributed by atoms with E-state index in [1.807, 2.05) is 68.7 Å². The first-order chi connectivity index (χ1) is 12.5. The summed E-state index contributed by atoms with van der Waals surface area (Å²) in [5, 5.41) is 5.47. The fraction of sp³-hybridized carbons (Fsp3) is 0.300. The van der Waals surface area contributed by atoms with E-state index in [4.69, 9.17) is 0 Å². The van der Waals surface area contributed by atoms with E-state index in [1.54, 1.807) is 11.8 Å². The van der Waals surface area contributed by atoms with Gasteiger partial charge in [-0.1, -0.05) is 42.5 Å². The van der Waals surface area contributed by atoms with Gasteiger partial charge in [0.05, 0.1) is 12.3 Å². The highest BCUT2D eigenvalue weighted by Crippen LogP contribution is 2.22. The van der Waals surface area contributed by atoms with Crippen LogP contribution in [0.2, 0.25) is 0 Å². The molecule has 138 valence electrons. The number of benzene rings is 2. The van der Waals surface area contributed by atoms with Crippen LogP contribution in [-0.4, -0.2) is 55.4 Å². The Balaban J connectivity index is 1.77. The zero-order chi connectivity index (χ0) is 18.8. The summed E-state index contributed by atoms with van der Waals surface area (Å²) in [7, 11) is 4.00. The number of carbonyl (C=O) groups excluding carboxylic acids is 2. The highest BCUT2D eigenvalue weighted by Gasteiger charge is 2.07. The van der Waals surface area contributed by atoms with Gasteiger partial charge in [-0.2, -0.15) is 11.8 Å². The summed E-state index contributed by atoms with van der Waals surface area (Å²) in [6.07, 6.45) is 0. The number of carbonyl (C=O) groups is 2. The van der Waals surface area contributed by atoms with Gasteiger partial charge in [0.1, 0.15) is 0 Å². The van der Waals surface area contributed by atoms with Crippen LogP contribution in [0.25, 0.3) is 11.1 Å². The largest absolute Gasteiger partial charge is 0.346 e. The molecule has 0 bridgehead atoms. The van der Waals surface area contributed by atoms with Gasteiger partial charge in [0.15, 0.2) is 0 Å². The van der Waals surface area contributed by atoms with Crippen LogP contribution in [0.15, 0.2) is 54.6 Å². The summed E-state index contributed by atoms with van der Waals surface area (Å²) in [5.41, 5.74) is 2.84. The molecule has 0 spiro atoms. The van der Waals surface area contributed by atoms with Gasteiger partial charge >= 0.3 is 0 Å². The van der Waals surface area contributed by atoms with Crippen molar-refractivity contribution >= 4 is 29.3 Å². The first-order valence-corrected chi connectivity index (χ1v) is 9.64. The van der Waals surface area contributed by atoms with Crippen molar-refractivity contribution in [3.63, 3.8) is 0 Å². The Bertz CT molecular complexity index is 720. The molecule has 0 saturated heterocycles. The monoisotopic (exact) mass is 371 g/mol. The van der Waals surface area contributed by atoms with Crippen molar-refractivity contribution in [2.45, 2.75) is 0 Å². The van der Waals surface area contributed by atoms with Gasteiger partial charge in [-0.3, -0.25) is 9.59 Å². The van der Waals surface area contributed by atoms with Crippen LogP contribution in [0.5, 0.6) is 0 Å². The third kappa shape index (κ3) is 7.29. The Morgan fingerprint density at radius 1 is 0.962 bits per heavy atom. The quantitative estimate of drug-likeness (QED) is 0.666. The molecule has 0 aliphatic heterocycles. The molecule has 0 unspecified atom stereocenters. The molecule has 0 radical (unpaired) electrons. The minimum atomic E-state index is -0.234. The lowest BCUT2D eigenvalue weighted by Gasteiger charge is -2.10. The van der Waals surface area contributed by atoms with Crippen LogP contribution in [0.1, 0.15) is 0 Å². The molecule has 6 heteroatoms. The Morgan fingerprint density at radius 3 is 2.42 bits per heavy atom. The molecule has 0 heterocycles. The number of rotatable bonds is 9. The van der Waals surface area contributed by atoms with E-state index < -0.39 is 0 Å². The van der Waals surface area contributed by atoms with Gasteiger partial charge in [0.25, 0.3) is 0 Å². The molecule has 0 saturated carbocycles. The molecule has 0 aliphatic rings. The standard InChI is InChI=1S/C20H25N3O2S/c1-23(2)11-12-26-15-20(25)21-14-19(24)22-18-10-6-9-17(13-18)16-7-4-3-5-8-16/h3-10,13H,11-12,14-15H2,1-2H3,(H,21,25)(H,22,24). The third-order valence-corrected chi connectivity index (χ3v) is 4.55. The maximum atomic E-state index is 12.0. The van der Waals surface area contributed by atoms with Crippen molar-refractivity contribution in [1.82, 2.24) is 10.2 Å². The molecule has 0 atom stereocenters. The van der Waals surface area contributed by atoms with Gasteiger partial charge in [0.2, 0.25) is 11.8 Å². The summed E-state index contributed by atoms with van der Waals surface area (Å²) in [6.45, 7) is 0.902. The van der Waals surface area contributed by atoms with E-state index in [1.165, 1.54) is 0 Å². The molecule has 2 amide bonds. The average Bonchev–Trinajstić information content (AvgIpc) is 2.64. The normalized spacial score (nSPS) is 10.6. The SMILES string of the molecule is CN(C)CCSCC(=O)NCC(=O)Nc1cccc(-c2ccccc2)c1. The molecule has 0 fully saturated rings. The first-order valence-electron chi connectivity index (χ1n) is 8.49. The van der Waals surface area contributed by atoms with Crippen LogP contribution < -0.4 is 10.6 Å². The lowest BCUT2D eigenvalue weighted by atomic mass is 10.1. The van der Waals surface area contributed by atoms with Crippen molar-refractivity contribution < 1.29 is 9.59 Å². The highest BCUT2D eigenvalue weighted by atomic mass is 32.2. The molecule has 2 aromatic carbocycles. The minimum absolute atomic E-state index is 0.0252. The first kappa shape index (κ1) is 20.0. The van der Waals surface area contributed by atoms with Crippen LogP contribution >= 0.6 is 11.8 Å². The number of hydrogen-bond acceptors (Lipinski definition) is 4. The Morgan fingerprint density at radius 2 is 1.69 bits per heavy atom. The fourth-order valence-corrected chi connectivity index (χ4v) is 3.18. The number of amides is 2. The zero-order valence-corrected chi connectivity index (χ0v) is 16.0. The summed E-state index contributed by atoms with van der Waals surface area (Å²) in [4.78, 5) is 25.9. The van der Waals surface area contributed by atoms with Gasteiger partial charge in [-0.15, -0.1) is 0 Å².